The molecule has 1 heterocycles. The number of carboxylic acid groups (broad SMARTS) is 1. The van der Waals surface area contributed by atoms with Crippen molar-refractivity contribution in [2.45, 2.75) is 26.3 Å². The van der Waals surface area contributed by atoms with E-state index in [4.69, 9.17) is 9.52 Å². The molecule has 1 aromatic carbocycles. The number of oxazole rings is 1. The van der Waals surface area contributed by atoms with Crippen molar-refractivity contribution in [3.8, 4) is 0 Å². The van der Waals surface area contributed by atoms with Crippen LogP contribution in [0.2, 0.25) is 0 Å². The first-order valence-electron chi connectivity index (χ1n) is 6.06. The number of hydrogen-bond acceptors (Lipinski definition) is 4. The van der Waals surface area contributed by atoms with Gasteiger partial charge < -0.3 is 14.8 Å². The monoisotopic (exact) mass is 266 g/mol. The third-order valence-electron chi connectivity index (χ3n) is 3.11. The van der Waals surface area contributed by atoms with Crippen molar-refractivity contribution in [2.24, 2.45) is 5.92 Å². The van der Waals surface area contributed by atoms with Crippen molar-refractivity contribution in [2.75, 3.05) is 5.32 Å². The fourth-order valence-corrected chi connectivity index (χ4v) is 1.78. The zero-order chi connectivity index (χ0) is 14.0. The minimum Gasteiger partial charge on any atom is -0.480 e. The minimum atomic E-state index is -0.970. The van der Waals surface area contributed by atoms with Gasteiger partial charge in [0.25, 0.3) is 6.01 Å². The average Bonchev–Trinajstić information content (AvgIpc) is 2.76. The zero-order valence-corrected chi connectivity index (χ0v) is 10.7. The SMILES string of the molecule is CC[C@H](C)[C@H](Nc1nc2cc(F)ccc2o1)C(=O)O. The summed E-state index contributed by atoms with van der Waals surface area (Å²) in [5, 5.41) is 11.9. The highest BCUT2D eigenvalue weighted by Gasteiger charge is 2.25. The van der Waals surface area contributed by atoms with Gasteiger partial charge in [-0.1, -0.05) is 20.3 Å². The number of nitrogens with one attached hydrogen (secondary N) is 1. The Morgan fingerprint density at radius 3 is 2.95 bits per heavy atom. The van der Waals surface area contributed by atoms with Crippen LogP contribution in [0.5, 0.6) is 0 Å². The number of nitrogens with zero attached hydrogens (tertiary/aromatic N) is 1. The second-order valence-electron chi connectivity index (χ2n) is 4.48. The third-order valence-corrected chi connectivity index (χ3v) is 3.11. The number of carbonyl (C=O) groups is 1. The van der Waals surface area contributed by atoms with Crippen LogP contribution in [-0.2, 0) is 4.79 Å². The Labute approximate surface area is 109 Å². The standard InChI is InChI=1S/C13H15FN2O3/c1-3-7(2)11(12(17)18)16-13-15-9-6-8(14)4-5-10(9)19-13/h4-7,11H,3H2,1-2H3,(H,15,16)(H,17,18)/t7-,11-/m0/s1. The number of aliphatic carboxylic acids is 1. The molecule has 0 aliphatic carbocycles. The smallest absolute Gasteiger partial charge is 0.326 e. The molecule has 0 amide bonds. The van der Waals surface area contributed by atoms with E-state index in [0.29, 0.717) is 17.5 Å². The first kappa shape index (κ1) is 13.3. The number of benzene rings is 1. The summed E-state index contributed by atoms with van der Waals surface area (Å²) in [5.41, 5.74) is 0.771. The fraction of sp³-hybridized carbons (Fsp3) is 0.385. The molecular formula is C13H15FN2O3. The molecule has 2 aromatic rings. The molecule has 19 heavy (non-hydrogen) atoms. The zero-order valence-electron chi connectivity index (χ0n) is 10.7. The van der Waals surface area contributed by atoms with Gasteiger partial charge in [-0.15, -0.1) is 0 Å². The van der Waals surface area contributed by atoms with Crippen LogP contribution in [0.15, 0.2) is 22.6 Å². The lowest BCUT2D eigenvalue weighted by molar-refractivity contribution is -0.139. The number of hydrogen-bond donors (Lipinski definition) is 2. The molecule has 0 saturated heterocycles. The van der Waals surface area contributed by atoms with E-state index in [1.165, 1.54) is 18.2 Å². The Kier molecular flexibility index (Phi) is 3.69. The van der Waals surface area contributed by atoms with Crippen molar-refractivity contribution >= 4 is 23.1 Å². The normalized spacial score (nSPS) is 14.3. The van der Waals surface area contributed by atoms with E-state index in [9.17, 15) is 9.18 Å². The van der Waals surface area contributed by atoms with Gasteiger partial charge in [-0.2, -0.15) is 4.98 Å². The summed E-state index contributed by atoms with van der Waals surface area (Å²) in [7, 11) is 0. The number of halogens is 1. The Morgan fingerprint density at radius 1 is 1.58 bits per heavy atom. The summed E-state index contributed by atoms with van der Waals surface area (Å²) < 4.78 is 18.4. The largest absolute Gasteiger partial charge is 0.480 e. The van der Waals surface area contributed by atoms with Crippen LogP contribution < -0.4 is 5.32 Å². The summed E-state index contributed by atoms with van der Waals surface area (Å²) in [6, 6.07) is 3.27. The summed E-state index contributed by atoms with van der Waals surface area (Å²) in [5.74, 6) is -1.46. The lowest BCUT2D eigenvalue weighted by Crippen LogP contribution is -2.35. The van der Waals surface area contributed by atoms with Gasteiger partial charge in [-0.05, 0) is 18.1 Å². The summed E-state index contributed by atoms with van der Waals surface area (Å²) >= 11 is 0. The van der Waals surface area contributed by atoms with Crippen LogP contribution in [0.3, 0.4) is 0 Å². The second-order valence-corrected chi connectivity index (χ2v) is 4.48. The molecule has 102 valence electrons. The molecule has 6 heteroatoms. The van der Waals surface area contributed by atoms with Crippen LogP contribution in [0.25, 0.3) is 11.1 Å². The van der Waals surface area contributed by atoms with E-state index in [2.05, 4.69) is 10.3 Å². The topological polar surface area (TPSA) is 75.4 Å². The molecular weight excluding hydrogens is 251 g/mol. The van der Waals surface area contributed by atoms with E-state index in [0.717, 1.165) is 0 Å². The van der Waals surface area contributed by atoms with Gasteiger partial charge in [0.1, 0.15) is 17.4 Å². The van der Waals surface area contributed by atoms with E-state index < -0.39 is 17.8 Å². The molecule has 0 aliphatic rings. The highest BCUT2D eigenvalue weighted by molar-refractivity contribution is 5.78. The predicted molar refractivity (Wildman–Crippen MR) is 68.5 cm³/mol. The van der Waals surface area contributed by atoms with E-state index in [1.54, 1.807) is 0 Å². The Hall–Kier alpha value is -2.11. The van der Waals surface area contributed by atoms with Gasteiger partial charge in [0.15, 0.2) is 5.58 Å². The van der Waals surface area contributed by atoms with Gasteiger partial charge in [-0.3, -0.25) is 0 Å². The number of anilines is 1. The maximum absolute atomic E-state index is 13.0. The molecule has 2 N–H and O–H groups in total. The molecule has 2 rings (SSSR count). The lowest BCUT2D eigenvalue weighted by atomic mass is 10.00. The predicted octanol–water partition coefficient (Wildman–Crippen LogP) is 2.88. The summed E-state index contributed by atoms with van der Waals surface area (Å²) in [6.07, 6.45) is 0.707. The number of aromatic nitrogens is 1. The van der Waals surface area contributed by atoms with Crippen LogP contribution >= 0.6 is 0 Å². The maximum atomic E-state index is 13.0. The van der Waals surface area contributed by atoms with Crippen molar-refractivity contribution in [3.63, 3.8) is 0 Å². The van der Waals surface area contributed by atoms with E-state index in [-0.39, 0.29) is 11.9 Å². The van der Waals surface area contributed by atoms with Crippen LogP contribution in [0.1, 0.15) is 20.3 Å². The quantitative estimate of drug-likeness (QED) is 0.870. The van der Waals surface area contributed by atoms with E-state index >= 15 is 0 Å². The third kappa shape index (κ3) is 2.83. The fourth-order valence-electron chi connectivity index (χ4n) is 1.78. The van der Waals surface area contributed by atoms with Crippen molar-refractivity contribution in [1.82, 2.24) is 4.98 Å². The van der Waals surface area contributed by atoms with Crippen LogP contribution in [-0.4, -0.2) is 22.1 Å². The molecule has 1 aromatic heterocycles. The van der Waals surface area contributed by atoms with Crippen LogP contribution in [0, 0.1) is 11.7 Å². The first-order chi connectivity index (χ1) is 9.01. The molecule has 0 spiro atoms. The average molecular weight is 266 g/mol. The van der Waals surface area contributed by atoms with E-state index in [1.807, 2.05) is 13.8 Å². The molecule has 0 bridgehead atoms. The number of fused-ring (bicyclic) bond motifs is 1. The van der Waals surface area contributed by atoms with Gasteiger partial charge in [0, 0.05) is 6.07 Å². The molecule has 0 aliphatic heterocycles. The summed E-state index contributed by atoms with van der Waals surface area (Å²) in [6.45, 7) is 3.73. The Bertz CT molecular complexity index is 597. The molecule has 0 fully saturated rings. The number of carboxylic acids is 1. The van der Waals surface area contributed by atoms with Gasteiger partial charge in [0.2, 0.25) is 0 Å². The Balaban J connectivity index is 2.26. The first-order valence-corrected chi connectivity index (χ1v) is 6.06. The highest BCUT2D eigenvalue weighted by atomic mass is 19.1. The highest BCUT2D eigenvalue weighted by Crippen LogP contribution is 2.22. The number of rotatable bonds is 5. The summed E-state index contributed by atoms with van der Waals surface area (Å²) in [4.78, 5) is 15.2. The molecule has 0 radical (unpaired) electrons. The van der Waals surface area contributed by atoms with Crippen molar-refractivity contribution < 1.29 is 18.7 Å². The second kappa shape index (κ2) is 5.26. The Morgan fingerprint density at radius 2 is 2.32 bits per heavy atom. The van der Waals surface area contributed by atoms with Gasteiger partial charge in [-0.25, -0.2) is 9.18 Å². The van der Waals surface area contributed by atoms with Crippen molar-refractivity contribution in [1.29, 1.82) is 0 Å². The van der Waals surface area contributed by atoms with Gasteiger partial charge in [0.05, 0.1) is 0 Å². The van der Waals surface area contributed by atoms with Crippen molar-refractivity contribution in [3.05, 3.63) is 24.0 Å². The lowest BCUT2D eigenvalue weighted by Gasteiger charge is -2.18. The molecule has 2 atom stereocenters. The maximum Gasteiger partial charge on any atom is 0.326 e. The van der Waals surface area contributed by atoms with Gasteiger partial charge >= 0.3 is 5.97 Å². The van der Waals surface area contributed by atoms with Crippen LogP contribution in [0.4, 0.5) is 10.4 Å². The molecule has 0 saturated carbocycles. The molecule has 0 unspecified atom stereocenters. The minimum absolute atomic E-state index is 0.0794. The molecule has 5 nitrogen and oxygen atoms in total.